The van der Waals surface area contributed by atoms with Crippen molar-refractivity contribution >= 4 is 11.9 Å². The van der Waals surface area contributed by atoms with Crippen molar-refractivity contribution in [2.45, 2.75) is 6.92 Å². The van der Waals surface area contributed by atoms with Crippen LogP contribution in [0.15, 0.2) is 29.7 Å². The van der Waals surface area contributed by atoms with Gasteiger partial charge in [-0.25, -0.2) is 4.98 Å². The molecule has 4 heteroatoms. The van der Waals surface area contributed by atoms with Crippen LogP contribution >= 0.6 is 0 Å². The van der Waals surface area contributed by atoms with Gasteiger partial charge in [0.2, 0.25) is 0 Å². The van der Waals surface area contributed by atoms with Crippen LogP contribution in [-0.4, -0.2) is 20.8 Å². The Morgan fingerprint density at radius 3 is 3.23 bits per heavy atom. The lowest BCUT2D eigenvalue weighted by molar-refractivity contribution is 0.321. The number of oxime groups is 1. The lowest BCUT2D eigenvalue weighted by atomic mass is 10.3. The van der Waals surface area contributed by atoms with Crippen molar-refractivity contribution in [1.29, 1.82) is 0 Å². The second kappa shape index (κ2) is 2.90. The van der Waals surface area contributed by atoms with E-state index in [2.05, 4.69) is 10.1 Å². The summed E-state index contributed by atoms with van der Waals surface area (Å²) in [6.45, 7) is 1.99. The van der Waals surface area contributed by atoms with E-state index in [1.807, 2.05) is 29.7 Å². The van der Waals surface area contributed by atoms with Gasteiger partial charge in [-0.15, -0.1) is 0 Å². The van der Waals surface area contributed by atoms with E-state index >= 15 is 0 Å². The fraction of sp³-hybridized carbons (Fsp3) is 0.111. The molecule has 0 unspecified atom stereocenters. The average Bonchev–Trinajstić information content (AvgIpc) is 2.51. The van der Waals surface area contributed by atoms with Gasteiger partial charge >= 0.3 is 0 Å². The van der Waals surface area contributed by atoms with Crippen LogP contribution < -0.4 is 0 Å². The number of aryl methyl sites for hydroxylation is 1. The van der Waals surface area contributed by atoms with Crippen molar-refractivity contribution in [2.24, 2.45) is 5.16 Å². The maximum absolute atomic E-state index is 8.40. The van der Waals surface area contributed by atoms with Gasteiger partial charge in [0, 0.05) is 6.20 Å². The first-order valence-corrected chi connectivity index (χ1v) is 3.93. The van der Waals surface area contributed by atoms with Crippen LogP contribution in [0, 0.1) is 6.92 Å². The molecule has 2 rings (SSSR count). The molecule has 13 heavy (non-hydrogen) atoms. The molecule has 0 aromatic carbocycles. The molecule has 0 saturated heterocycles. The maximum Gasteiger partial charge on any atom is 0.140 e. The third-order valence-corrected chi connectivity index (χ3v) is 1.95. The molecular weight excluding hydrogens is 166 g/mol. The first-order chi connectivity index (χ1) is 6.33. The van der Waals surface area contributed by atoms with E-state index in [0.29, 0.717) is 0 Å². The fourth-order valence-electron chi connectivity index (χ4n) is 1.33. The second-order valence-corrected chi connectivity index (χ2v) is 2.81. The van der Waals surface area contributed by atoms with Gasteiger partial charge in [-0.05, 0) is 18.6 Å². The van der Waals surface area contributed by atoms with Crippen molar-refractivity contribution in [3.8, 4) is 0 Å². The smallest absolute Gasteiger partial charge is 0.140 e. The molecule has 2 aromatic heterocycles. The Balaban J connectivity index is 2.75. The number of fused-ring (bicyclic) bond motifs is 1. The molecular formula is C9H9N3O. The van der Waals surface area contributed by atoms with Gasteiger partial charge in [-0.2, -0.15) is 0 Å². The van der Waals surface area contributed by atoms with Crippen LogP contribution in [-0.2, 0) is 0 Å². The number of hydrogen-bond donors (Lipinski definition) is 1. The monoisotopic (exact) mass is 175 g/mol. The van der Waals surface area contributed by atoms with Crippen molar-refractivity contribution in [3.05, 3.63) is 35.8 Å². The Bertz CT molecular complexity index is 459. The quantitative estimate of drug-likeness (QED) is 0.405. The zero-order chi connectivity index (χ0) is 9.26. The highest BCUT2D eigenvalue weighted by molar-refractivity contribution is 5.78. The number of rotatable bonds is 1. The Hall–Kier alpha value is -1.84. The maximum atomic E-state index is 8.40. The molecule has 0 aliphatic carbocycles. The molecule has 0 atom stereocenters. The van der Waals surface area contributed by atoms with Crippen molar-refractivity contribution in [2.75, 3.05) is 0 Å². The molecule has 0 fully saturated rings. The van der Waals surface area contributed by atoms with E-state index in [9.17, 15) is 0 Å². The summed E-state index contributed by atoms with van der Waals surface area (Å²) in [5, 5.41) is 11.4. The Kier molecular flexibility index (Phi) is 1.73. The number of aromatic nitrogens is 2. The third-order valence-electron chi connectivity index (χ3n) is 1.95. The standard InChI is InChI=1S/C9H9N3O/c1-7-3-2-4-12-8(6-11-13)5-10-9(7)12/h2-6,13H,1H3/b11-6+. The summed E-state index contributed by atoms with van der Waals surface area (Å²) in [6.07, 6.45) is 4.91. The number of nitrogens with zero attached hydrogens (tertiary/aromatic N) is 3. The topological polar surface area (TPSA) is 49.9 Å². The Morgan fingerprint density at radius 1 is 1.62 bits per heavy atom. The summed E-state index contributed by atoms with van der Waals surface area (Å²) in [6, 6.07) is 3.92. The molecule has 4 nitrogen and oxygen atoms in total. The van der Waals surface area contributed by atoms with Gasteiger partial charge in [-0.1, -0.05) is 11.2 Å². The molecule has 2 aromatic rings. The largest absolute Gasteiger partial charge is 0.411 e. The fourth-order valence-corrected chi connectivity index (χ4v) is 1.33. The van der Waals surface area contributed by atoms with Gasteiger partial charge in [0.15, 0.2) is 0 Å². The van der Waals surface area contributed by atoms with Gasteiger partial charge in [0.05, 0.1) is 18.1 Å². The van der Waals surface area contributed by atoms with E-state index < -0.39 is 0 Å². The van der Waals surface area contributed by atoms with E-state index in [-0.39, 0.29) is 0 Å². The molecule has 2 heterocycles. The highest BCUT2D eigenvalue weighted by Crippen LogP contribution is 2.09. The zero-order valence-electron chi connectivity index (χ0n) is 7.18. The molecule has 0 amide bonds. The molecule has 0 saturated carbocycles. The predicted molar refractivity (Wildman–Crippen MR) is 49.3 cm³/mol. The van der Waals surface area contributed by atoms with E-state index in [1.165, 1.54) is 6.21 Å². The minimum Gasteiger partial charge on any atom is -0.411 e. The molecule has 66 valence electrons. The van der Waals surface area contributed by atoms with Gasteiger partial charge in [-0.3, -0.25) is 4.40 Å². The summed E-state index contributed by atoms with van der Waals surface area (Å²) < 4.78 is 1.87. The number of hydrogen-bond acceptors (Lipinski definition) is 3. The predicted octanol–water partition coefficient (Wildman–Crippen LogP) is 1.45. The molecule has 0 aliphatic rings. The lowest BCUT2D eigenvalue weighted by Gasteiger charge is -1.97. The van der Waals surface area contributed by atoms with Gasteiger partial charge < -0.3 is 5.21 Å². The Labute approximate surface area is 75.1 Å². The SMILES string of the molecule is Cc1cccn2c(/C=N/O)cnc12. The average molecular weight is 175 g/mol. The zero-order valence-corrected chi connectivity index (χ0v) is 7.18. The van der Waals surface area contributed by atoms with Gasteiger partial charge in [0.25, 0.3) is 0 Å². The third kappa shape index (κ3) is 1.16. The molecule has 0 bridgehead atoms. The lowest BCUT2D eigenvalue weighted by Crippen LogP contribution is -1.91. The molecule has 0 spiro atoms. The summed E-state index contributed by atoms with van der Waals surface area (Å²) in [4.78, 5) is 4.20. The van der Waals surface area contributed by atoms with E-state index in [1.54, 1.807) is 6.20 Å². The number of imidazole rings is 1. The van der Waals surface area contributed by atoms with Crippen molar-refractivity contribution < 1.29 is 5.21 Å². The minimum atomic E-state index is 0.765. The van der Waals surface area contributed by atoms with Crippen LogP contribution in [0.3, 0.4) is 0 Å². The molecule has 0 aliphatic heterocycles. The normalized spacial score (nSPS) is 11.5. The summed E-state index contributed by atoms with van der Waals surface area (Å²) in [7, 11) is 0. The van der Waals surface area contributed by atoms with Crippen LogP contribution in [0.1, 0.15) is 11.3 Å². The van der Waals surface area contributed by atoms with Crippen LogP contribution in [0.2, 0.25) is 0 Å². The van der Waals surface area contributed by atoms with Crippen LogP contribution in [0.5, 0.6) is 0 Å². The first-order valence-electron chi connectivity index (χ1n) is 3.93. The molecule has 0 radical (unpaired) electrons. The van der Waals surface area contributed by atoms with Crippen molar-refractivity contribution in [3.63, 3.8) is 0 Å². The Morgan fingerprint density at radius 2 is 2.46 bits per heavy atom. The summed E-state index contributed by atoms with van der Waals surface area (Å²) >= 11 is 0. The molecule has 1 N–H and O–H groups in total. The summed E-state index contributed by atoms with van der Waals surface area (Å²) in [5.41, 5.74) is 2.75. The minimum absolute atomic E-state index is 0.765. The first kappa shape index (κ1) is 7.79. The highest BCUT2D eigenvalue weighted by Gasteiger charge is 2.01. The van der Waals surface area contributed by atoms with E-state index in [0.717, 1.165) is 16.9 Å². The summed E-state index contributed by atoms with van der Waals surface area (Å²) in [5.74, 6) is 0. The number of pyridine rings is 1. The van der Waals surface area contributed by atoms with Crippen LogP contribution in [0.25, 0.3) is 5.65 Å². The van der Waals surface area contributed by atoms with Gasteiger partial charge in [0.1, 0.15) is 5.65 Å². The van der Waals surface area contributed by atoms with Crippen molar-refractivity contribution in [1.82, 2.24) is 9.38 Å². The van der Waals surface area contributed by atoms with E-state index in [4.69, 9.17) is 5.21 Å². The second-order valence-electron chi connectivity index (χ2n) is 2.81. The highest BCUT2D eigenvalue weighted by atomic mass is 16.4. The van der Waals surface area contributed by atoms with Crippen LogP contribution in [0.4, 0.5) is 0 Å².